The summed E-state index contributed by atoms with van der Waals surface area (Å²) < 4.78 is 34.5. The highest BCUT2D eigenvalue weighted by Gasteiger charge is 2.30. The fourth-order valence-corrected chi connectivity index (χ4v) is 4.79. The summed E-state index contributed by atoms with van der Waals surface area (Å²) >= 11 is 0. The zero-order valence-electron chi connectivity index (χ0n) is 14.1. The number of nitrogens with one attached hydrogen (secondary N) is 1. The van der Waals surface area contributed by atoms with E-state index in [0.717, 1.165) is 19.5 Å². The lowest BCUT2D eigenvalue weighted by atomic mass is 10.0. The highest BCUT2D eigenvalue weighted by Crippen LogP contribution is 2.16. The number of ether oxygens (including phenoxy) is 1. The van der Waals surface area contributed by atoms with E-state index >= 15 is 0 Å². The van der Waals surface area contributed by atoms with Crippen LogP contribution >= 0.6 is 0 Å². The summed E-state index contributed by atoms with van der Waals surface area (Å²) in [5.41, 5.74) is 0. The van der Waals surface area contributed by atoms with Gasteiger partial charge in [-0.15, -0.1) is 0 Å². The Hall–Kier alpha value is -0.210. The van der Waals surface area contributed by atoms with Gasteiger partial charge in [0.05, 0.1) is 12.2 Å². The summed E-state index contributed by atoms with van der Waals surface area (Å²) in [7, 11) is -3.38. The molecule has 0 bridgehead atoms. The molecule has 2 fully saturated rings. The lowest BCUT2D eigenvalue weighted by Gasteiger charge is -2.35. The molecule has 3 atom stereocenters. The Bertz CT molecular complexity index is 433. The SMILES string of the molecule is C[C@@H]1CN(S(=O)(=O)NCCCN2CCCC[C@@H]2C)C[C@H](C)O1. The number of rotatable bonds is 6. The molecule has 0 radical (unpaired) electrons. The molecule has 2 heterocycles. The van der Waals surface area contributed by atoms with Crippen molar-refractivity contribution in [2.75, 3.05) is 32.7 Å². The van der Waals surface area contributed by atoms with E-state index in [0.29, 0.717) is 25.7 Å². The minimum atomic E-state index is -3.38. The Morgan fingerprint density at radius 2 is 1.82 bits per heavy atom. The third kappa shape index (κ3) is 5.16. The van der Waals surface area contributed by atoms with E-state index in [1.165, 1.54) is 23.6 Å². The van der Waals surface area contributed by atoms with Crippen molar-refractivity contribution in [2.45, 2.75) is 64.7 Å². The predicted octanol–water partition coefficient (Wildman–Crippen LogP) is 1.19. The van der Waals surface area contributed by atoms with Gasteiger partial charge in [0.1, 0.15) is 0 Å². The summed E-state index contributed by atoms with van der Waals surface area (Å²) in [6.07, 6.45) is 4.61. The molecule has 0 aromatic rings. The Morgan fingerprint density at radius 3 is 2.45 bits per heavy atom. The molecule has 0 aromatic heterocycles. The molecule has 0 aromatic carbocycles. The van der Waals surface area contributed by atoms with E-state index in [4.69, 9.17) is 4.74 Å². The second-order valence-corrected chi connectivity index (χ2v) is 8.46. The molecule has 0 saturated carbocycles. The van der Waals surface area contributed by atoms with E-state index in [9.17, 15) is 8.42 Å². The van der Waals surface area contributed by atoms with Crippen molar-refractivity contribution < 1.29 is 13.2 Å². The van der Waals surface area contributed by atoms with Gasteiger partial charge >= 0.3 is 0 Å². The molecule has 2 aliphatic heterocycles. The van der Waals surface area contributed by atoms with Gasteiger partial charge in [-0.05, 0) is 53.1 Å². The standard InChI is InChI=1S/C15H31N3O3S/c1-13-7-4-5-9-17(13)10-6-8-16-22(19,20)18-11-14(2)21-15(3)12-18/h13-16H,4-12H2,1-3H3/t13-,14-,15+/m0/s1. The van der Waals surface area contributed by atoms with Gasteiger partial charge in [0.25, 0.3) is 10.2 Å². The molecule has 2 rings (SSSR count). The van der Waals surface area contributed by atoms with E-state index in [-0.39, 0.29) is 12.2 Å². The maximum absolute atomic E-state index is 12.3. The van der Waals surface area contributed by atoms with Gasteiger partial charge in [0, 0.05) is 25.7 Å². The molecule has 0 aliphatic carbocycles. The summed E-state index contributed by atoms with van der Waals surface area (Å²) in [5.74, 6) is 0. The minimum absolute atomic E-state index is 0.0467. The predicted molar refractivity (Wildman–Crippen MR) is 88.0 cm³/mol. The van der Waals surface area contributed by atoms with Crippen LogP contribution in [0.3, 0.4) is 0 Å². The van der Waals surface area contributed by atoms with Crippen molar-refractivity contribution >= 4 is 10.2 Å². The smallest absolute Gasteiger partial charge is 0.279 e. The van der Waals surface area contributed by atoms with Gasteiger partial charge in [-0.25, -0.2) is 4.72 Å². The summed E-state index contributed by atoms with van der Waals surface area (Å²) in [4.78, 5) is 2.47. The van der Waals surface area contributed by atoms with Crippen LogP contribution in [0.2, 0.25) is 0 Å². The van der Waals surface area contributed by atoms with Gasteiger partial charge in [-0.2, -0.15) is 12.7 Å². The first-order chi connectivity index (χ1) is 10.4. The van der Waals surface area contributed by atoms with E-state index in [1.807, 2.05) is 13.8 Å². The van der Waals surface area contributed by atoms with Crippen molar-refractivity contribution in [2.24, 2.45) is 0 Å². The Labute approximate surface area is 135 Å². The number of piperidine rings is 1. The average Bonchev–Trinajstić information content (AvgIpc) is 2.44. The highest BCUT2D eigenvalue weighted by molar-refractivity contribution is 7.87. The van der Waals surface area contributed by atoms with Crippen molar-refractivity contribution in [1.29, 1.82) is 0 Å². The average molecular weight is 333 g/mol. The minimum Gasteiger partial charge on any atom is -0.373 e. The van der Waals surface area contributed by atoms with Crippen molar-refractivity contribution in [3.8, 4) is 0 Å². The normalized spacial score (nSPS) is 32.2. The highest BCUT2D eigenvalue weighted by atomic mass is 32.2. The number of hydrogen-bond donors (Lipinski definition) is 1. The van der Waals surface area contributed by atoms with Crippen LogP contribution in [0.25, 0.3) is 0 Å². The third-order valence-electron chi connectivity index (χ3n) is 4.57. The number of morpholine rings is 1. The quantitative estimate of drug-likeness (QED) is 0.742. The Balaban J connectivity index is 1.73. The molecular formula is C15H31N3O3S. The Morgan fingerprint density at radius 1 is 1.14 bits per heavy atom. The summed E-state index contributed by atoms with van der Waals surface area (Å²) in [5, 5.41) is 0. The Kier molecular flexibility index (Phi) is 6.64. The van der Waals surface area contributed by atoms with Crippen LogP contribution in [-0.2, 0) is 14.9 Å². The molecule has 0 unspecified atom stereocenters. The van der Waals surface area contributed by atoms with Gasteiger partial charge < -0.3 is 9.64 Å². The van der Waals surface area contributed by atoms with Gasteiger partial charge in [-0.1, -0.05) is 6.42 Å². The number of nitrogens with zero attached hydrogens (tertiary/aromatic N) is 2. The van der Waals surface area contributed by atoms with E-state index in [1.54, 1.807) is 0 Å². The van der Waals surface area contributed by atoms with Crippen LogP contribution in [0.1, 0.15) is 46.5 Å². The van der Waals surface area contributed by atoms with Crippen LogP contribution in [0.5, 0.6) is 0 Å². The van der Waals surface area contributed by atoms with Gasteiger partial charge in [0.2, 0.25) is 0 Å². The largest absolute Gasteiger partial charge is 0.373 e. The van der Waals surface area contributed by atoms with E-state index < -0.39 is 10.2 Å². The molecule has 0 spiro atoms. The lowest BCUT2D eigenvalue weighted by molar-refractivity contribution is -0.0443. The van der Waals surface area contributed by atoms with Crippen LogP contribution in [0.15, 0.2) is 0 Å². The third-order valence-corrected chi connectivity index (χ3v) is 6.12. The van der Waals surface area contributed by atoms with Crippen LogP contribution in [0, 0.1) is 0 Å². The molecule has 6 nitrogen and oxygen atoms in total. The van der Waals surface area contributed by atoms with Crippen molar-refractivity contribution in [3.05, 3.63) is 0 Å². The van der Waals surface area contributed by atoms with Gasteiger partial charge in [-0.3, -0.25) is 0 Å². The second-order valence-electron chi connectivity index (χ2n) is 6.71. The molecule has 130 valence electrons. The first-order valence-electron chi connectivity index (χ1n) is 8.52. The lowest BCUT2D eigenvalue weighted by Crippen LogP contribution is -2.52. The fourth-order valence-electron chi connectivity index (χ4n) is 3.39. The van der Waals surface area contributed by atoms with Gasteiger partial charge in [0.15, 0.2) is 0 Å². The van der Waals surface area contributed by atoms with Crippen LogP contribution in [-0.4, -0.2) is 68.6 Å². The molecule has 22 heavy (non-hydrogen) atoms. The number of hydrogen-bond acceptors (Lipinski definition) is 4. The summed E-state index contributed by atoms with van der Waals surface area (Å²) in [6, 6.07) is 0.631. The molecule has 2 saturated heterocycles. The molecule has 2 aliphatic rings. The first kappa shape index (κ1) is 18.1. The molecule has 7 heteroatoms. The van der Waals surface area contributed by atoms with Crippen molar-refractivity contribution in [1.82, 2.24) is 13.9 Å². The molecular weight excluding hydrogens is 302 g/mol. The van der Waals surface area contributed by atoms with Crippen LogP contribution < -0.4 is 4.72 Å². The number of likely N-dealkylation sites (tertiary alicyclic amines) is 1. The first-order valence-corrected chi connectivity index (χ1v) is 9.96. The fraction of sp³-hybridized carbons (Fsp3) is 1.00. The maximum Gasteiger partial charge on any atom is 0.279 e. The van der Waals surface area contributed by atoms with E-state index in [2.05, 4.69) is 16.5 Å². The summed E-state index contributed by atoms with van der Waals surface area (Å²) in [6.45, 7) is 9.58. The van der Waals surface area contributed by atoms with Crippen LogP contribution in [0.4, 0.5) is 0 Å². The molecule has 1 N–H and O–H groups in total. The van der Waals surface area contributed by atoms with Crippen molar-refractivity contribution in [3.63, 3.8) is 0 Å². The maximum atomic E-state index is 12.3. The zero-order valence-corrected chi connectivity index (χ0v) is 14.9. The zero-order chi connectivity index (χ0) is 16.2. The molecule has 0 amide bonds. The monoisotopic (exact) mass is 333 g/mol. The second kappa shape index (κ2) is 8.06. The topological polar surface area (TPSA) is 61.9 Å².